The van der Waals surface area contributed by atoms with Gasteiger partial charge in [-0.25, -0.2) is 9.59 Å². The van der Waals surface area contributed by atoms with E-state index in [4.69, 9.17) is 18.6 Å². The van der Waals surface area contributed by atoms with Gasteiger partial charge in [-0.1, -0.05) is 37.3 Å². The smallest absolute Gasteiger partial charge is 0.338 e. The topological polar surface area (TPSA) is 75.0 Å². The van der Waals surface area contributed by atoms with Gasteiger partial charge in [0.15, 0.2) is 11.5 Å². The first-order valence-corrected chi connectivity index (χ1v) is 10.0. The predicted octanol–water partition coefficient (Wildman–Crippen LogP) is 5.10. The minimum atomic E-state index is -0.526. The number of benzene rings is 3. The van der Waals surface area contributed by atoms with E-state index >= 15 is 0 Å². The minimum Gasteiger partial charge on any atom is -0.493 e. The molecule has 1 aromatic heterocycles. The first kappa shape index (κ1) is 20.5. The van der Waals surface area contributed by atoms with Crippen molar-refractivity contribution in [2.75, 3.05) is 13.7 Å². The molecule has 158 valence electrons. The molecule has 0 aliphatic heterocycles. The zero-order valence-corrected chi connectivity index (χ0v) is 17.3. The maximum atomic E-state index is 12.7. The van der Waals surface area contributed by atoms with E-state index in [9.17, 15) is 9.59 Å². The number of carbonyl (C=O) groups excluding carboxylic acids is 1. The number of rotatable bonds is 7. The second-order valence-corrected chi connectivity index (χ2v) is 7.04. The molecule has 0 radical (unpaired) electrons. The molecule has 0 bridgehead atoms. The van der Waals surface area contributed by atoms with Crippen molar-refractivity contribution in [1.29, 1.82) is 0 Å². The van der Waals surface area contributed by atoms with E-state index in [2.05, 4.69) is 0 Å². The summed E-state index contributed by atoms with van der Waals surface area (Å²) in [6.07, 6.45) is 0.862. The van der Waals surface area contributed by atoms with E-state index in [1.54, 1.807) is 24.3 Å². The summed E-state index contributed by atoms with van der Waals surface area (Å²) in [4.78, 5) is 24.7. The molecule has 3 aromatic carbocycles. The third-order valence-electron chi connectivity index (χ3n) is 4.93. The average molecular weight is 418 g/mol. The molecule has 4 aromatic rings. The van der Waals surface area contributed by atoms with Gasteiger partial charge in [-0.3, -0.25) is 0 Å². The van der Waals surface area contributed by atoms with Crippen LogP contribution in [0, 0.1) is 0 Å². The quantitative estimate of drug-likeness (QED) is 0.236. The molecule has 0 N–H and O–H groups in total. The molecule has 6 nitrogen and oxygen atoms in total. The van der Waals surface area contributed by atoms with E-state index in [0.29, 0.717) is 34.8 Å². The fourth-order valence-electron chi connectivity index (χ4n) is 3.49. The van der Waals surface area contributed by atoms with Crippen LogP contribution in [-0.2, 0) is 11.3 Å². The van der Waals surface area contributed by atoms with Crippen LogP contribution in [0.3, 0.4) is 0 Å². The van der Waals surface area contributed by atoms with Crippen LogP contribution in [0.5, 0.6) is 11.5 Å². The lowest BCUT2D eigenvalue weighted by Gasteiger charge is -2.12. The number of methoxy groups -OCH3 is 1. The maximum absolute atomic E-state index is 12.7. The summed E-state index contributed by atoms with van der Waals surface area (Å²) >= 11 is 0. The van der Waals surface area contributed by atoms with E-state index < -0.39 is 11.6 Å². The summed E-state index contributed by atoms with van der Waals surface area (Å²) in [6, 6.07) is 17.7. The number of fused-ring (bicyclic) bond motifs is 3. The normalized spacial score (nSPS) is 10.9. The van der Waals surface area contributed by atoms with Gasteiger partial charge in [0.05, 0.1) is 19.3 Å². The van der Waals surface area contributed by atoms with Crippen molar-refractivity contribution in [3.63, 3.8) is 0 Å². The molecule has 0 unspecified atom stereocenters. The monoisotopic (exact) mass is 418 g/mol. The highest BCUT2D eigenvalue weighted by molar-refractivity contribution is 6.07. The SMILES string of the molecule is CCCOc1ccc(C(=O)OCc2cc(=O)oc3ccc4ccccc4c23)cc1OC. The molecule has 1 heterocycles. The lowest BCUT2D eigenvalue weighted by Crippen LogP contribution is -2.08. The van der Waals surface area contributed by atoms with Crippen molar-refractivity contribution in [1.82, 2.24) is 0 Å². The lowest BCUT2D eigenvalue weighted by molar-refractivity contribution is 0.0473. The van der Waals surface area contributed by atoms with Crippen molar-refractivity contribution in [2.45, 2.75) is 20.0 Å². The number of esters is 1. The maximum Gasteiger partial charge on any atom is 0.338 e. The molecule has 31 heavy (non-hydrogen) atoms. The lowest BCUT2D eigenvalue weighted by atomic mass is 10.0. The standard InChI is InChI=1S/C25H22O6/c1-3-12-29-20-10-9-17(13-22(20)28-2)25(27)30-15-18-14-23(26)31-21-11-8-16-6-4-5-7-19(16)24(18)21/h4-11,13-14H,3,12,15H2,1-2H3. The van der Waals surface area contributed by atoms with Crippen molar-refractivity contribution < 1.29 is 23.4 Å². The molecule has 0 atom stereocenters. The van der Waals surface area contributed by atoms with Crippen molar-refractivity contribution in [3.05, 3.63) is 82.2 Å². The molecule has 0 saturated heterocycles. The van der Waals surface area contributed by atoms with Crippen LogP contribution >= 0.6 is 0 Å². The van der Waals surface area contributed by atoms with Gasteiger partial charge in [0.25, 0.3) is 0 Å². The van der Waals surface area contributed by atoms with Crippen LogP contribution in [-0.4, -0.2) is 19.7 Å². The Kier molecular flexibility index (Phi) is 5.89. The molecule has 0 spiro atoms. The minimum absolute atomic E-state index is 0.0641. The molecule has 0 aliphatic rings. The third kappa shape index (κ3) is 4.23. The molecular weight excluding hydrogens is 396 g/mol. The largest absolute Gasteiger partial charge is 0.493 e. The van der Waals surface area contributed by atoms with Crippen LogP contribution in [0.15, 0.2) is 69.9 Å². The predicted molar refractivity (Wildman–Crippen MR) is 118 cm³/mol. The summed E-state index contributed by atoms with van der Waals surface area (Å²) < 4.78 is 21.8. The summed E-state index contributed by atoms with van der Waals surface area (Å²) in [5.74, 6) is 0.501. The number of carbonyl (C=O) groups is 1. The third-order valence-corrected chi connectivity index (χ3v) is 4.93. The molecule has 4 rings (SSSR count). The van der Waals surface area contributed by atoms with E-state index in [1.807, 2.05) is 37.3 Å². The molecule has 0 fully saturated rings. The van der Waals surface area contributed by atoms with Gasteiger partial charge in [-0.2, -0.15) is 0 Å². The Balaban J connectivity index is 1.63. The first-order valence-electron chi connectivity index (χ1n) is 10.0. The van der Waals surface area contributed by atoms with E-state index in [1.165, 1.54) is 13.2 Å². The Morgan fingerprint density at radius 1 is 1.00 bits per heavy atom. The fraction of sp³-hybridized carbons (Fsp3) is 0.200. The van der Waals surface area contributed by atoms with Crippen LogP contribution in [0.1, 0.15) is 29.3 Å². The summed E-state index contributed by atoms with van der Waals surface area (Å²) in [7, 11) is 1.52. The van der Waals surface area contributed by atoms with Gasteiger partial charge < -0.3 is 18.6 Å². The second-order valence-electron chi connectivity index (χ2n) is 7.04. The first-order chi connectivity index (χ1) is 15.1. The summed E-state index contributed by atoms with van der Waals surface area (Å²) in [5, 5.41) is 2.68. The van der Waals surface area contributed by atoms with E-state index in [0.717, 1.165) is 22.6 Å². The molecule has 0 aliphatic carbocycles. The van der Waals surface area contributed by atoms with Gasteiger partial charge in [-0.15, -0.1) is 0 Å². The Hall–Kier alpha value is -3.80. The Labute approximate surface area is 179 Å². The van der Waals surface area contributed by atoms with Gasteiger partial charge in [0, 0.05) is 17.0 Å². The van der Waals surface area contributed by atoms with Gasteiger partial charge >= 0.3 is 11.6 Å². The van der Waals surface area contributed by atoms with Crippen molar-refractivity contribution in [2.24, 2.45) is 0 Å². The number of hydrogen-bond acceptors (Lipinski definition) is 6. The Bertz CT molecular complexity index is 1300. The molecule has 6 heteroatoms. The molecule has 0 saturated carbocycles. The fourth-order valence-corrected chi connectivity index (χ4v) is 3.49. The van der Waals surface area contributed by atoms with Crippen LogP contribution in [0.4, 0.5) is 0 Å². The average Bonchev–Trinajstić information content (AvgIpc) is 2.80. The van der Waals surface area contributed by atoms with E-state index in [-0.39, 0.29) is 6.61 Å². The highest BCUT2D eigenvalue weighted by Gasteiger charge is 2.15. The van der Waals surface area contributed by atoms with Gasteiger partial charge in [0.1, 0.15) is 12.2 Å². The Morgan fingerprint density at radius 3 is 2.65 bits per heavy atom. The zero-order chi connectivity index (χ0) is 21.8. The number of ether oxygens (including phenoxy) is 3. The van der Waals surface area contributed by atoms with Crippen molar-refractivity contribution in [3.8, 4) is 11.5 Å². The van der Waals surface area contributed by atoms with Crippen LogP contribution in [0.2, 0.25) is 0 Å². The zero-order valence-electron chi connectivity index (χ0n) is 17.3. The summed E-state index contributed by atoms with van der Waals surface area (Å²) in [5.41, 5.74) is 0.883. The molecule has 0 amide bonds. The highest BCUT2D eigenvalue weighted by Crippen LogP contribution is 2.30. The van der Waals surface area contributed by atoms with Crippen molar-refractivity contribution >= 4 is 27.7 Å². The highest BCUT2D eigenvalue weighted by atomic mass is 16.5. The second kappa shape index (κ2) is 8.92. The van der Waals surface area contributed by atoms with Gasteiger partial charge in [0.2, 0.25) is 0 Å². The number of hydrogen-bond donors (Lipinski definition) is 0. The molecular formula is C25H22O6. The van der Waals surface area contributed by atoms with Crippen LogP contribution < -0.4 is 15.1 Å². The Morgan fingerprint density at radius 2 is 1.84 bits per heavy atom. The van der Waals surface area contributed by atoms with Crippen LogP contribution in [0.25, 0.3) is 21.7 Å². The van der Waals surface area contributed by atoms with Gasteiger partial charge in [-0.05, 0) is 41.5 Å². The summed E-state index contributed by atoms with van der Waals surface area (Å²) in [6.45, 7) is 2.50.